The highest BCUT2D eigenvalue weighted by Crippen LogP contribution is 2.38. The first-order valence-electron chi connectivity index (χ1n) is 9.69. The first kappa shape index (κ1) is 23.6. The number of hydrogen-bond donors (Lipinski definition) is 3. The number of carbonyl (C=O) groups is 1. The fourth-order valence-electron chi connectivity index (χ4n) is 3.14. The van der Waals surface area contributed by atoms with E-state index in [2.05, 4.69) is 30.2 Å². The van der Waals surface area contributed by atoms with Gasteiger partial charge in [0.25, 0.3) is 0 Å². The van der Waals surface area contributed by atoms with Crippen molar-refractivity contribution in [1.29, 1.82) is 0 Å². The first-order valence-corrected chi connectivity index (χ1v) is 9.69. The molecule has 3 rings (SSSR count). The minimum Gasteiger partial charge on any atom is -0.496 e. The number of hydrogen-bond acceptors (Lipinski definition) is 6. The second-order valence-corrected chi connectivity index (χ2v) is 6.49. The summed E-state index contributed by atoms with van der Waals surface area (Å²) in [5.74, 6) is 6.76. The van der Waals surface area contributed by atoms with E-state index in [9.17, 15) is 0 Å². The van der Waals surface area contributed by atoms with Crippen LogP contribution in [-0.4, -0.2) is 27.7 Å². The number of ether oxygens (including phenoxy) is 3. The Balaban J connectivity index is 0.000000785. The van der Waals surface area contributed by atoms with Gasteiger partial charge in [-0.25, -0.2) is 5.84 Å². The van der Waals surface area contributed by atoms with E-state index in [1.165, 1.54) is 5.56 Å². The summed E-state index contributed by atoms with van der Waals surface area (Å²) < 4.78 is 17.2. The molecule has 0 saturated carbocycles. The molecular weight excluding hydrogens is 394 g/mol. The van der Waals surface area contributed by atoms with Crippen LogP contribution in [-0.2, 0) is 11.4 Å². The summed E-state index contributed by atoms with van der Waals surface area (Å²) in [4.78, 5) is 8.94. The summed E-state index contributed by atoms with van der Waals surface area (Å²) in [6.07, 6.45) is 0.403. The van der Waals surface area contributed by atoms with Crippen molar-refractivity contribution in [2.24, 2.45) is 5.84 Å². The van der Waals surface area contributed by atoms with E-state index in [4.69, 9.17) is 19.0 Å². The molecule has 0 aromatic heterocycles. The normalized spacial score (nSPS) is 9.71. The average molecular weight is 424 g/mol. The van der Waals surface area contributed by atoms with Gasteiger partial charge in [-0.1, -0.05) is 30.3 Å². The number of nitrogens with two attached hydrogens (primary N) is 1. The molecule has 0 saturated heterocycles. The maximum Gasteiger partial charge on any atom is 0.221 e. The van der Waals surface area contributed by atoms with Crippen LogP contribution in [0, 0.1) is 6.92 Å². The monoisotopic (exact) mass is 423 g/mol. The number of benzene rings is 3. The number of nitrogens with one attached hydrogen (secondary N) is 2. The zero-order chi connectivity index (χ0) is 22.6. The van der Waals surface area contributed by atoms with Crippen molar-refractivity contribution >= 4 is 12.1 Å². The zero-order valence-corrected chi connectivity index (χ0v) is 18.3. The molecule has 3 aromatic rings. The summed E-state index contributed by atoms with van der Waals surface area (Å²) in [5.41, 5.74) is 7.07. The highest BCUT2D eigenvalue weighted by atomic mass is 16.5. The first-order chi connectivity index (χ1) is 15.1. The summed E-state index contributed by atoms with van der Waals surface area (Å²) in [6.45, 7) is 2.58. The van der Waals surface area contributed by atoms with Crippen LogP contribution in [0.15, 0.2) is 60.7 Å². The zero-order valence-electron chi connectivity index (χ0n) is 18.3. The summed E-state index contributed by atoms with van der Waals surface area (Å²) in [5, 5.41) is 3.23. The van der Waals surface area contributed by atoms with Gasteiger partial charge in [-0.2, -0.15) is 0 Å². The quantitative estimate of drug-likeness (QED) is 0.220. The van der Waals surface area contributed by atoms with Gasteiger partial charge in [0, 0.05) is 29.4 Å². The molecule has 0 bridgehead atoms. The fraction of sp³-hybridized carbons (Fsp3) is 0.208. The van der Waals surface area contributed by atoms with Crippen molar-refractivity contribution in [2.75, 3.05) is 26.6 Å². The number of hydrazine groups is 1. The minimum absolute atomic E-state index is 0.403. The lowest BCUT2D eigenvalue weighted by Crippen LogP contribution is -2.18. The second-order valence-electron chi connectivity index (χ2n) is 6.49. The van der Waals surface area contributed by atoms with Gasteiger partial charge in [0.05, 0.1) is 14.2 Å². The Kier molecular flexibility index (Phi) is 9.19. The molecular formula is C24H29N3O4. The molecule has 0 aliphatic heterocycles. The van der Waals surface area contributed by atoms with Crippen LogP contribution < -0.4 is 30.8 Å². The van der Waals surface area contributed by atoms with E-state index in [-0.39, 0.29) is 0 Å². The third-order valence-electron chi connectivity index (χ3n) is 4.70. The molecule has 1 amide bonds. The number of amides is 1. The molecule has 0 atom stereocenters. The van der Waals surface area contributed by atoms with Gasteiger partial charge in [0.2, 0.25) is 6.41 Å². The number of aryl methyl sites for hydroxylation is 1. The highest BCUT2D eigenvalue weighted by molar-refractivity contribution is 5.77. The van der Waals surface area contributed by atoms with E-state index in [1.54, 1.807) is 19.6 Å². The standard InChI is InChI=1S/C23H25NO3.CH4N2O/c1-16-8-7-10-21(24-2)20(16)15-27-17-12-13-23(26-4)19(14-17)18-9-5-6-11-22(18)25-3;2-3-1-4/h5-14,24H,15H2,1-4H3;1H,2H2,(H,3,4). The second kappa shape index (κ2) is 12.1. The molecule has 164 valence electrons. The van der Waals surface area contributed by atoms with Crippen molar-refractivity contribution in [3.8, 4) is 28.4 Å². The topological polar surface area (TPSA) is 94.8 Å². The van der Waals surface area contributed by atoms with Crippen molar-refractivity contribution in [3.05, 3.63) is 71.8 Å². The van der Waals surface area contributed by atoms with E-state index < -0.39 is 0 Å². The van der Waals surface area contributed by atoms with E-state index in [1.807, 2.05) is 55.6 Å². The molecule has 0 radical (unpaired) electrons. The summed E-state index contributed by atoms with van der Waals surface area (Å²) >= 11 is 0. The van der Waals surface area contributed by atoms with Gasteiger partial charge in [-0.05, 0) is 42.8 Å². The Morgan fingerprint density at radius 2 is 1.61 bits per heavy atom. The van der Waals surface area contributed by atoms with Crippen molar-refractivity contribution in [2.45, 2.75) is 13.5 Å². The van der Waals surface area contributed by atoms with Crippen LogP contribution in [0.4, 0.5) is 5.69 Å². The summed E-state index contributed by atoms with van der Waals surface area (Å²) in [6, 6.07) is 19.9. The molecule has 4 N–H and O–H groups in total. The molecule has 31 heavy (non-hydrogen) atoms. The fourth-order valence-corrected chi connectivity index (χ4v) is 3.14. The molecule has 0 unspecified atom stereocenters. The molecule has 7 nitrogen and oxygen atoms in total. The number of para-hydroxylation sites is 1. The van der Waals surface area contributed by atoms with Crippen LogP contribution in [0.5, 0.6) is 17.2 Å². The van der Waals surface area contributed by atoms with E-state index in [0.717, 1.165) is 39.6 Å². The molecule has 3 aromatic carbocycles. The van der Waals surface area contributed by atoms with Crippen molar-refractivity contribution < 1.29 is 19.0 Å². The maximum atomic E-state index is 8.94. The van der Waals surface area contributed by atoms with Gasteiger partial charge >= 0.3 is 0 Å². The van der Waals surface area contributed by atoms with Gasteiger partial charge in [0.1, 0.15) is 23.9 Å². The van der Waals surface area contributed by atoms with Gasteiger partial charge in [-0.15, -0.1) is 0 Å². The minimum atomic E-state index is 0.403. The van der Waals surface area contributed by atoms with Gasteiger partial charge < -0.3 is 19.5 Å². The lowest BCUT2D eigenvalue weighted by Gasteiger charge is -2.16. The average Bonchev–Trinajstić information content (AvgIpc) is 2.83. The lowest BCUT2D eigenvalue weighted by atomic mass is 10.0. The van der Waals surface area contributed by atoms with E-state index in [0.29, 0.717) is 13.0 Å². The SMILES string of the molecule is CNc1cccc(C)c1COc1ccc(OC)c(-c2ccccc2OC)c1.NNC=O. The van der Waals surface area contributed by atoms with E-state index >= 15 is 0 Å². The molecule has 0 spiro atoms. The predicted molar refractivity (Wildman–Crippen MR) is 123 cm³/mol. The third kappa shape index (κ3) is 6.13. The Morgan fingerprint density at radius 3 is 2.26 bits per heavy atom. The number of methoxy groups -OCH3 is 2. The highest BCUT2D eigenvalue weighted by Gasteiger charge is 2.13. The Bertz CT molecular complexity index is 992. The molecule has 0 aliphatic carbocycles. The Hall–Kier alpha value is -3.71. The lowest BCUT2D eigenvalue weighted by molar-refractivity contribution is -0.109. The van der Waals surface area contributed by atoms with Crippen LogP contribution >= 0.6 is 0 Å². The largest absolute Gasteiger partial charge is 0.496 e. The van der Waals surface area contributed by atoms with Gasteiger partial charge in [0.15, 0.2) is 0 Å². The number of carbonyl (C=O) groups excluding carboxylic acids is 1. The Morgan fingerprint density at radius 1 is 0.935 bits per heavy atom. The molecule has 7 heteroatoms. The molecule has 0 aliphatic rings. The molecule has 0 heterocycles. The van der Waals surface area contributed by atoms with Crippen molar-refractivity contribution in [3.63, 3.8) is 0 Å². The van der Waals surface area contributed by atoms with Crippen molar-refractivity contribution in [1.82, 2.24) is 5.43 Å². The van der Waals surface area contributed by atoms with Gasteiger partial charge in [-0.3, -0.25) is 10.2 Å². The van der Waals surface area contributed by atoms with Crippen LogP contribution in [0.25, 0.3) is 11.1 Å². The van der Waals surface area contributed by atoms with Crippen LogP contribution in [0.1, 0.15) is 11.1 Å². The van der Waals surface area contributed by atoms with Crippen LogP contribution in [0.2, 0.25) is 0 Å². The van der Waals surface area contributed by atoms with Crippen LogP contribution in [0.3, 0.4) is 0 Å². The Labute approximate surface area is 183 Å². The predicted octanol–water partition coefficient (Wildman–Crippen LogP) is 3.91. The smallest absolute Gasteiger partial charge is 0.221 e. The third-order valence-corrected chi connectivity index (χ3v) is 4.70. The number of anilines is 1. The number of rotatable bonds is 8. The maximum absolute atomic E-state index is 8.94. The summed E-state index contributed by atoms with van der Waals surface area (Å²) in [7, 11) is 5.26. The molecule has 0 fully saturated rings.